The number of para-hydroxylation sites is 1. The van der Waals surface area contributed by atoms with Gasteiger partial charge >= 0.3 is 0 Å². The zero-order valence-corrected chi connectivity index (χ0v) is 9.53. The second-order valence-electron chi connectivity index (χ2n) is 3.39. The first kappa shape index (κ1) is 12.8. The topological polar surface area (TPSA) is 107 Å². The molecule has 6 heteroatoms. The molecule has 0 bridgehead atoms. The molecule has 92 valence electrons. The number of nitrogen functional groups attached to an aromatic ring is 1. The van der Waals surface area contributed by atoms with Crippen LogP contribution >= 0.6 is 0 Å². The SMILES string of the molecule is COc1cccc(C(=O)NCCC(N)=O)c1N. The van der Waals surface area contributed by atoms with Crippen LogP contribution in [0.5, 0.6) is 5.75 Å². The Kier molecular flexibility index (Phi) is 4.33. The minimum Gasteiger partial charge on any atom is -0.495 e. The normalized spacial score (nSPS) is 9.71. The number of nitrogens with one attached hydrogen (secondary N) is 1. The van der Waals surface area contributed by atoms with Crippen molar-refractivity contribution in [2.24, 2.45) is 5.73 Å². The first-order valence-electron chi connectivity index (χ1n) is 5.05. The van der Waals surface area contributed by atoms with Gasteiger partial charge in [0.05, 0.1) is 18.4 Å². The number of amides is 2. The van der Waals surface area contributed by atoms with Crippen LogP contribution in [-0.2, 0) is 4.79 Å². The maximum absolute atomic E-state index is 11.7. The van der Waals surface area contributed by atoms with E-state index in [1.807, 2.05) is 0 Å². The molecule has 1 aromatic carbocycles. The van der Waals surface area contributed by atoms with Crippen molar-refractivity contribution in [1.82, 2.24) is 5.32 Å². The summed E-state index contributed by atoms with van der Waals surface area (Å²) >= 11 is 0. The van der Waals surface area contributed by atoms with E-state index in [0.29, 0.717) is 11.3 Å². The number of carbonyl (C=O) groups excluding carboxylic acids is 2. The van der Waals surface area contributed by atoms with Crippen LogP contribution in [0.25, 0.3) is 0 Å². The molecule has 6 nitrogen and oxygen atoms in total. The average Bonchev–Trinajstić information content (AvgIpc) is 2.28. The summed E-state index contributed by atoms with van der Waals surface area (Å²) in [5.74, 6) is -0.390. The quantitative estimate of drug-likeness (QED) is 0.620. The fourth-order valence-electron chi connectivity index (χ4n) is 1.31. The van der Waals surface area contributed by atoms with Crippen LogP contribution in [-0.4, -0.2) is 25.5 Å². The summed E-state index contributed by atoms with van der Waals surface area (Å²) in [6.45, 7) is 0.185. The molecule has 1 rings (SSSR count). The molecule has 0 heterocycles. The number of hydrogen-bond donors (Lipinski definition) is 3. The Morgan fingerprint density at radius 3 is 2.71 bits per heavy atom. The smallest absolute Gasteiger partial charge is 0.253 e. The number of hydrogen-bond acceptors (Lipinski definition) is 4. The number of primary amides is 1. The lowest BCUT2D eigenvalue weighted by atomic mass is 10.1. The summed E-state index contributed by atoms with van der Waals surface area (Å²) in [6, 6.07) is 4.91. The second kappa shape index (κ2) is 5.74. The Hall–Kier alpha value is -2.24. The third-order valence-electron chi connectivity index (χ3n) is 2.19. The van der Waals surface area contributed by atoms with Gasteiger partial charge in [0.25, 0.3) is 5.91 Å². The summed E-state index contributed by atoms with van der Waals surface area (Å²) in [5.41, 5.74) is 11.3. The molecule has 0 saturated carbocycles. The average molecular weight is 237 g/mol. The van der Waals surface area contributed by atoms with Crippen LogP contribution in [0.2, 0.25) is 0 Å². The predicted molar refractivity (Wildman–Crippen MR) is 63.6 cm³/mol. The largest absolute Gasteiger partial charge is 0.495 e. The van der Waals surface area contributed by atoms with E-state index in [0.717, 1.165) is 0 Å². The van der Waals surface area contributed by atoms with Gasteiger partial charge in [0.2, 0.25) is 5.91 Å². The number of benzene rings is 1. The fourth-order valence-corrected chi connectivity index (χ4v) is 1.31. The molecule has 0 saturated heterocycles. The van der Waals surface area contributed by atoms with Gasteiger partial charge in [-0.1, -0.05) is 6.07 Å². The molecular formula is C11H15N3O3. The van der Waals surface area contributed by atoms with Crippen molar-refractivity contribution in [1.29, 1.82) is 0 Å². The molecule has 0 aliphatic carbocycles. The van der Waals surface area contributed by atoms with Gasteiger partial charge in [-0.15, -0.1) is 0 Å². The van der Waals surface area contributed by atoms with Crippen molar-refractivity contribution in [2.45, 2.75) is 6.42 Å². The van der Waals surface area contributed by atoms with Crippen molar-refractivity contribution in [3.8, 4) is 5.75 Å². The summed E-state index contributed by atoms with van der Waals surface area (Å²) < 4.78 is 5.00. The van der Waals surface area contributed by atoms with E-state index in [9.17, 15) is 9.59 Å². The third kappa shape index (κ3) is 3.37. The maximum atomic E-state index is 11.7. The van der Waals surface area contributed by atoms with Crippen LogP contribution in [0.3, 0.4) is 0 Å². The zero-order valence-electron chi connectivity index (χ0n) is 9.53. The first-order chi connectivity index (χ1) is 8.06. The van der Waals surface area contributed by atoms with Crippen LogP contribution in [0, 0.1) is 0 Å². The van der Waals surface area contributed by atoms with E-state index in [1.54, 1.807) is 18.2 Å². The standard InChI is InChI=1S/C11H15N3O3/c1-17-8-4-2-3-7(10(8)13)11(16)14-6-5-9(12)15/h2-4H,5-6,13H2,1H3,(H2,12,15)(H,14,16). The predicted octanol–water partition coefficient (Wildman–Crippen LogP) is -0.117. The van der Waals surface area contributed by atoms with Crippen molar-refractivity contribution in [3.05, 3.63) is 23.8 Å². The highest BCUT2D eigenvalue weighted by Gasteiger charge is 2.12. The molecular weight excluding hydrogens is 222 g/mol. The van der Waals surface area contributed by atoms with Crippen LogP contribution in [0.15, 0.2) is 18.2 Å². The van der Waals surface area contributed by atoms with E-state index < -0.39 is 5.91 Å². The van der Waals surface area contributed by atoms with E-state index in [1.165, 1.54) is 7.11 Å². The van der Waals surface area contributed by atoms with E-state index in [-0.39, 0.29) is 24.6 Å². The number of anilines is 1. The van der Waals surface area contributed by atoms with Crippen molar-refractivity contribution in [2.75, 3.05) is 19.4 Å². The van der Waals surface area contributed by atoms with E-state index in [2.05, 4.69) is 5.32 Å². The lowest BCUT2D eigenvalue weighted by molar-refractivity contribution is -0.117. The molecule has 0 aliphatic rings. The number of nitrogens with two attached hydrogens (primary N) is 2. The molecule has 0 radical (unpaired) electrons. The van der Waals surface area contributed by atoms with E-state index >= 15 is 0 Å². The third-order valence-corrected chi connectivity index (χ3v) is 2.19. The molecule has 0 atom stereocenters. The molecule has 2 amide bonds. The number of ether oxygens (including phenoxy) is 1. The van der Waals surface area contributed by atoms with Gasteiger partial charge in [-0.05, 0) is 12.1 Å². The van der Waals surface area contributed by atoms with Gasteiger partial charge in [0, 0.05) is 13.0 Å². The number of methoxy groups -OCH3 is 1. The van der Waals surface area contributed by atoms with Gasteiger partial charge in [-0.3, -0.25) is 9.59 Å². The van der Waals surface area contributed by atoms with E-state index in [4.69, 9.17) is 16.2 Å². The Morgan fingerprint density at radius 2 is 2.12 bits per heavy atom. The minimum atomic E-state index is -0.469. The monoisotopic (exact) mass is 237 g/mol. The molecule has 0 aromatic heterocycles. The molecule has 0 fully saturated rings. The first-order valence-corrected chi connectivity index (χ1v) is 5.05. The van der Waals surface area contributed by atoms with Crippen LogP contribution in [0.1, 0.15) is 16.8 Å². The lowest BCUT2D eigenvalue weighted by Gasteiger charge is -2.09. The summed E-state index contributed by atoms with van der Waals surface area (Å²) in [5, 5.41) is 2.55. The Labute approximate surface area is 98.9 Å². The van der Waals surface area contributed by atoms with Crippen molar-refractivity contribution < 1.29 is 14.3 Å². The van der Waals surface area contributed by atoms with Gasteiger partial charge < -0.3 is 21.5 Å². The summed E-state index contributed by atoms with van der Waals surface area (Å²) in [6.07, 6.45) is 0.0929. The molecule has 1 aromatic rings. The molecule has 0 unspecified atom stereocenters. The second-order valence-corrected chi connectivity index (χ2v) is 3.39. The lowest BCUT2D eigenvalue weighted by Crippen LogP contribution is -2.28. The highest BCUT2D eigenvalue weighted by molar-refractivity contribution is 6.00. The number of carbonyl (C=O) groups is 2. The van der Waals surface area contributed by atoms with Crippen LogP contribution < -0.4 is 21.5 Å². The van der Waals surface area contributed by atoms with Gasteiger partial charge in [0.15, 0.2) is 0 Å². The van der Waals surface area contributed by atoms with Crippen molar-refractivity contribution >= 4 is 17.5 Å². The Bertz CT molecular complexity index is 432. The Balaban J connectivity index is 2.72. The van der Waals surface area contributed by atoms with Crippen molar-refractivity contribution in [3.63, 3.8) is 0 Å². The summed E-state index contributed by atoms with van der Waals surface area (Å²) in [7, 11) is 1.47. The Morgan fingerprint density at radius 1 is 1.41 bits per heavy atom. The maximum Gasteiger partial charge on any atom is 0.253 e. The molecule has 0 aliphatic heterocycles. The molecule has 5 N–H and O–H groups in total. The highest BCUT2D eigenvalue weighted by Crippen LogP contribution is 2.24. The fraction of sp³-hybridized carbons (Fsp3) is 0.273. The summed E-state index contributed by atoms with van der Waals surface area (Å²) in [4.78, 5) is 22.2. The van der Waals surface area contributed by atoms with Gasteiger partial charge in [-0.2, -0.15) is 0 Å². The van der Waals surface area contributed by atoms with Gasteiger partial charge in [-0.25, -0.2) is 0 Å². The van der Waals surface area contributed by atoms with Gasteiger partial charge in [0.1, 0.15) is 5.75 Å². The minimum absolute atomic E-state index is 0.0929. The number of rotatable bonds is 5. The zero-order chi connectivity index (χ0) is 12.8. The van der Waals surface area contributed by atoms with Crippen LogP contribution in [0.4, 0.5) is 5.69 Å². The molecule has 0 spiro atoms. The molecule has 17 heavy (non-hydrogen) atoms. The highest BCUT2D eigenvalue weighted by atomic mass is 16.5.